The largest absolute Gasteiger partial charge is 0.496 e. The number of para-hydroxylation sites is 1. The van der Waals surface area contributed by atoms with Gasteiger partial charge in [0.05, 0.1) is 24.9 Å². The van der Waals surface area contributed by atoms with Crippen molar-refractivity contribution < 1.29 is 9.53 Å². The Morgan fingerprint density at radius 1 is 1.14 bits per heavy atom. The van der Waals surface area contributed by atoms with Crippen LogP contribution < -0.4 is 15.0 Å². The van der Waals surface area contributed by atoms with Crippen LogP contribution in [0.25, 0.3) is 0 Å². The average Bonchev–Trinajstić information content (AvgIpc) is 3.16. The summed E-state index contributed by atoms with van der Waals surface area (Å²) in [6, 6.07) is 15.3. The third-order valence-corrected chi connectivity index (χ3v) is 4.90. The molecule has 0 atom stereocenters. The fraction of sp³-hybridized carbons (Fsp3) is 0.227. The second-order valence-corrected chi connectivity index (χ2v) is 7.10. The summed E-state index contributed by atoms with van der Waals surface area (Å²) in [7, 11) is 5.57. The summed E-state index contributed by atoms with van der Waals surface area (Å²) in [5.74, 6) is 1.02. The van der Waals surface area contributed by atoms with E-state index in [4.69, 9.17) is 4.74 Å². The molecule has 7 nitrogen and oxygen atoms in total. The Labute approximate surface area is 170 Å². The Hall–Kier alpha value is -3.61. The van der Waals surface area contributed by atoms with Crippen LogP contribution in [-0.2, 0) is 13.1 Å². The van der Waals surface area contributed by atoms with Gasteiger partial charge in [0.2, 0.25) is 5.95 Å². The molecule has 1 aromatic heterocycles. The number of aromatic nitrogens is 2. The molecule has 3 aromatic rings. The molecule has 148 valence electrons. The average molecular weight is 389 g/mol. The number of anilines is 3. The number of nitrogens with zero attached hydrogens (tertiary/aromatic N) is 4. The van der Waals surface area contributed by atoms with E-state index >= 15 is 0 Å². The van der Waals surface area contributed by atoms with Crippen LogP contribution in [-0.4, -0.2) is 42.0 Å². The molecule has 0 radical (unpaired) electrons. The summed E-state index contributed by atoms with van der Waals surface area (Å²) in [5, 5.41) is 3.25. The number of hydrogen-bond acceptors (Lipinski definition) is 6. The molecule has 0 bridgehead atoms. The number of amides is 1. The van der Waals surface area contributed by atoms with E-state index in [9.17, 15) is 4.79 Å². The second kappa shape index (κ2) is 7.79. The number of rotatable bonds is 5. The molecule has 1 amide bonds. The van der Waals surface area contributed by atoms with Crippen molar-refractivity contribution in [3.8, 4) is 5.75 Å². The first-order chi connectivity index (χ1) is 14.0. The van der Waals surface area contributed by atoms with Gasteiger partial charge in [0, 0.05) is 43.8 Å². The maximum atomic E-state index is 12.9. The lowest BCUT2D eigenvalue weighted by atomic mass is 10.2. The van der Waals surface area contributed by atoms with Gasteiger partial charge in [-0.2, -0.15) is 0 Å². The number of fused-ring (bicyclic) bond motifs is 1. The Bertz CT molecular complexity index is 1050. The number of benzene rings is 2. The van der Waals surface area contributed by atoms with Crippen LogP contribution in [0.3, 0.4) is 0 Å². The predicted molar refractivity (Wildman–Crippen MR) is 113 cm³/mol. The van der Waals surface area contributed by atoms with Crippen molar-refractivity contribution in [1.29, 1.82) is 0 Å². The standard InChI is InChI=1S/C22H23N5O2/c1-26(2)17-8-6-7-16(11-17)24-22-23-12-15-13-27(14-19(15)25-22)21(28)18-9-4-5-10-20(18)29-3/h4-12H,13-14H2,1-3H3,(H,23,24,25). The first kappa shape index (κ1) is 18.7. The molecule has 29 heavy (non-hydrogen) atoms. The van der Waals surface area contributed by atoms with Crippen molar-refractivity contribution in [2.24, 2.45) is 0 Å². The normalized spacial score (nSPS) is 12.4. The van der Waals surface area contributed by atoms with Crippen molar-refractivity contribution in [3.63, 3.8) is 0 Å². The van der Waals surface area contributed by atoms with Crippen molar-refractivity contribution in [2.45, 2.75) is 13.1 Å². The first-order valence-corrected chi connectivity index (χ1v) is 9.36. The lowest BCUT2D eigenvalue weighted by Gasteiger charge is -2.16. The van der Waals surface area contributed by atoms with E-state index in [-0.39, 0.29) is 5.91 Å². The first-order valence-electron chi connectivity index (χ1n) is 9.36. The number of carbonyl (C=O) groups excluding carboxylic acids is 1. The monoisotopic (exact) mass is 389 g/mol. The maximum Gasteiger partial charge on any atom is 0.258 e. The number of methoxy groups -OCH3 is 1. The van der Waals surface area contributed by atoms with E-state index in [0.717, 1.165) is 22.6 Å². The van der Waals surface area contributed by atoms with E-state index in [1.807, 2.05) is 55.4 Å². The van der Waals surface area contributed by atoms with Crippen molar-refractivity contribution in [1.82, 2.24) is 14.9 Å². The van der Waals surface area contributed by atoms with Crippen LogP contribution in [0.4, 0.5) is 17.3 Å². The van der Waals surface area contributed by atoms with E-state index < -0.39 is 0 Å². The molecular formula is C22H23N5O2. The number of carbonyl (C=O) groups is 1. The van der Waals surface area contributed by atoms with Crippen LogP contribution in [0.15, 0.2) is 54.7 Å². The highest BCUT2D eigenvalue weighted by molar-refractivity contribution is 5.97. The van der Waals surface area contributed by atoms with Gasteiger partial charge in [0.15, 0.2) is 0 Å². The van der Waals surface area contributed by atoms with Gasteiger partial charge in [-0.3, -0.25) is 4.79 Å². The van der Waals surface area contributed by atoms with Gasteiger partial charge in [0.1, 0.15) is 5.75 Å². The molecule has 0 saturated heterocycles. The quantitative estimate of drug-likeness (QED) is 0.721. The van der Waals surface area contributed by atoms with E-state index in [1.54, 1.807) is 30.3 Å². The lowest BCUT2D eigenvalue weighted by molar-refractivity contribution is 0.0747. The van der Waals surface area contributed by atoms with Crippen molar-refractivity contribution >= 4 is 23.2 Å². The highest BCUT2D eigenvalue weighted by atomic mass is 16.5. The fourth-order valence-electron chi connectivity index (χ4n) is 3.34. The Balaban J connectivity index is 1.51. The van der Waals surface area contributed by atoms with E-state index in [2.05, 4.69) is 15.3 Å². The molecule has 2 aromatic carbocycles. The third kappa shape index (κ3) is 3.85. The highest BCUT2D eigenvalue weighted by Crippen LogP contribution is 2.27. The van der Waals surface area contributed by atoms with Gasteiger partial charge < -0.3 is 19.9 Å². The fourth-order valence-corrected chi connectivity index (χ4v) is 3.34. The van der Waals surface area contributed by atoms with Crippen LogP contribution in [0.2, 0.25) is 0 Å². The van der Waals surface area contributed by atoms with Crippen molar-refractivity contribution in [3.05, 3.63) is 71.5 Å². The highest BCUT2D eigenvalue weighted by Gasteiger charge is 2.27. The zero-order chi connectivity index (χ0) is 20.4. The minimum atomic E-state index is -0.0753. The summed E-state index contributed by atoms with van der Waals surface area (Å²) in [4.78, 5) is 25.8. The summed E-state index contributed by atoms with van der Waals surface area (Å²) < 4.78 is 5.33. The minimum absolute atomic E-state index is 0.0753. The molecule has 0 saturated carbocycles. The van der Waals surface area contributed by atoms with E-state index in [1.165, 1.54) is 0 Å². The van der Waals surface area contributed by atoms with Gasteiger partial charge in [-0.25, -0.2) is 9.97 Å². The molecule has 0 spiro atoms. The Kier molecular flexibility index (Phi) is 5.03. The topological polar surface area (TPSA) is 70.6 Å². The SMILES string of the molecule is COc1ccccc1C(=O)N1Cc2cnc(Nc3cccc(N(C)C)c3)nc2C1. The molecule has 1 aliphatic heterocycles. The molecule has 4 rings (SSSR count). The minimum Gasteiger partial charge on any atom is -0.496 e. The molecular weight excluding hydrogens is 366 g/mol. The maximum absolute atomic E-state index is 12.9. The van der Waals surface area contributed by atoms with Gasteiger partial charge >= 0.3 is 0 Å². The zero-order valence-corrected chi connectivity index (χ0v) is 16.7. The third-order valence-electron chi connectivity index (χ3n) is 4.90. The second-order valence-electron chi connectivity index (χ2n) is 7.10. The predicted octanol–water partition coefficient (Wildman–Crippen LogP) is 3.45. The van der Waals surface area contributed by atoms with Crippen LogP contribution >= 0.6 is 0 Å². The van der Waals surface area contributed by atoms with Gasteiger partial charge in [-0.05, 0) is 30.3 Å². The van der Waals surface area contributed by atoms with Gasteiger partial charge in [0.25, 0.3) is 5.91 Å². The van der Waals surface area contributed by atoms with Gasteiger partial charge in [-0.1, -0.05) is 18.2 Å². The van der Waals surface area contributed by atoms with Crippen LogP contribution in [0.1, 0.15) is 21.6 Å². The molecule has 0 fully saturated rings. The molecule has 2 heterocycles. The summed E-state index contributed by atoms with van der Waals surface area (Å²) in [6.45, 7) is 0.934. The number of ether oxygens (including phenoxy) is 1. The zero-order valence-electron chi connectivity index (χ0n) is 16.7. The van der Waals surface area contributed by atoms with Gasteiger partial charge in [-0.15, -0.1) is 0 Å². The van der Waals surface area contributed by atoms with E-state index in [0.29, 0.717) is 30.4 Å². The summed E-state index contributed by atoms with van der Waals surface area (Å²) in [6.07, 6.45) is 1.79. The number of nitrogens with one attached hydrogen (secondary N) is 1. The molecule has 1 aliphatic rings. The summed E-state index contributed by atoms with van der Waals surface area (Å²) in [5.41, 5.74) is 4.37. The van der Waals surface area contributed by atoms with Crippen LogP contribution in [0, 0.1) is 0 Å². The van der Waals surface area contributed by atoms with Crippen molar-refractivity contribution in [2.75, 3.05) is 31.4 Å². The smallest absolute Gasteiger partial charge is 0.258 e. The number of hydrogen-bond donors (Lipinski definition) is 1. The van der Waals surface area contributed by atoms with Crippen LogP contribution in [0.5, 0.6) is 5.75 Å². The summed E-state index contributed by atoms with van der Waals surface area (Å²) >= 11 is 0. The molecule has 1 N–H and O–H groups in total. The lowest BCUT2D eigenvalue weighted by Crippen LogP contribution is -2.25. The molecule has 0 unspecified atom stereocenters. The Morgan fingerprint density at radius 2 is 1.97 bits per heavy atom. The molecule has 7 heteroatoms. The Morgan fingerprint density at radius 3 is 2.76 bits per heavy atom. The molecule has 0 aliphatic carbocycles.